The number of halogens is 1. The first kappa shape index (κ1) is 16.1. The number of nitrogens with zero attached hydrogens (tertiary/aromatic N) is 3. The number of hydrogen-bond donors (Lipinski definition) is 0. The van der Waals surface area contributed by atoms with Crippen LogP contribution in [0.4, 0.5) is 0 Å². The van der Waals surface area contributed by atoms with Gasteiger partial charge in [-0.1, -0.05) is 35.5 Å². The van der Waals surface area contributed by atoms with Gasteiger partial charge in [0.15, 0.2) is 10.4 Å². The number of aromatic nitrogens is 2. The maximum absolute atomic E-state index is 12.4. The standard InChI is InChI=1S/C18H16BrN3O3/c19-15-7-6-14(24-15)18(23)22-10-8-13(9-11-22)17-20-16(21-25-17)12-4-2-1-3-5-12/h1-7,13H,8-11H2. The molecule has 1 fully saturated rings. The molecule has 2 aromatic heterocycles. The molecule has 1 aromatic carbocycles. The molecule has 1 aliphatic rings. The Morgan fingerprint density at radius 2 is 1.88 bits per heavy atom. The fourth-order valence-electron chi connectivity index (χ4n) is 3.02. The number of likely N-dealkylation sites (tertiary alicyclic amines) is 1. The summed E-state index contributed by atoms with van der Waals surface area (Å²) in [6.45, 7) is 1.29. The molecule has 6 nitrogen and oxygen atoms in total. The molecule has 3 heterocycles. The second-order valence-electron chi connectivity index (χ2n) is 5.99. The average molecular weight is 402 g/mol. The molecule has 1 aliphatic heterocycles. The van der Waals surface area contributed by atoms with E-state index in [1.54, 1.807) is 17.0 Å². The van der Waals surface area contributed by atoms with E-state index in [0.29, 0.717) is 35.2 Å². The molecular weight excluding hydrogens is 386 g/mol. The van der Waals surface area contributed by atoms with Crippen molar-refractivity contribution in [3.8, 4) is 11.4 Å². The molecule has 7 heteroatoms. The van der Waals surface area contributed by atoms with Crippen molar-refractivity contribution >= 4 is 21.8 Å². The fourth-order valence-corrected chi connectivity index (χ4v) is 3.33. The lowest BCUT2D eigenvalue weighted by Gasteiger charge is -2.29. The minimum absolute atomic E-state index is 0.0837. The maximum atomic E-state index is 12.4. The van der Waals surface area contributed by atoms with Gasteiger partial charge in [0, 0.05) is 24.6 Å². The van der Waals surface area contributed by atoms with Gasteiger partial charge in [0.05, 0.1) is 0 Å². The van der Waals surface area contributed by atoms with Gasteiger partial charge in [-0.2, -0.15) is 4.98 Å². The number of benzene rings is 1. The number of furan rings is 1. The molecule has 3 aromatic rings. The van der Waals surface area contributed by atoms with Gasteiger partial charge in [0.2, 0.25) is 11.7 Å². The van der Waals surface area contributed by atoms with Crippen LogP contribution < -0.4 is 0 Å². The number of rotatable bonds is 3. The van der Waals surface area contributed by atoms with E-state index in [9.17, 15) is 4.79 Å². The number of amides is 1. The first-order valence-electron chi connectivity index (χ1n) is 8.14. The third-order valence-corrected chi connectivity index (χ3v) is 4.82. The predicted molar refractivity (Wildman–Crippen MR) is 94.0 cm³/mol. The molecule has 0 atom stereocenters. The first-order valence-corrected chi connectivity index (χ1v) is 8.93. The van der Waals surface area contributed by atoms with Crippen LogP contribution in [0.2, 0.25) is 0 Å². The molecule has 4 rings (SSSR count). The normalized spacial score (nSPS) is 15.5. The highest BCUT2D eigenvalue weighted by Crippen LogP contribution is 2.29. The van der Waals surface area contributed by atoms with Crippen LogP contribution >= 0.6 is 15.9 Å². The van der Waals surface area contributed by atoms with E-state index in [1.807, 2.05) is 30.3 Å². The quantitative estimate of drug-likeness (QED) is 0.659. The van der Waals surface area contributed by atoms with Crippen LogP contribution in [0, 0.1) is 0 Å². The van der Waals surface area contributed by atoms with Gasteiger partial charge in [-0.25, -0.2) is 0 Å². The van der Waals surface area contributed by atoms with Crippen molar-refractivity contribution in [3.63, 3.8) is 0 Å². The van der Waals surface area contributed by atoms with E-state index in [2.05, 4.69) is 26.1 Å². The highest BCUT2D eigenvalue weighted by Gasteiger charge is 2.29. The molecule has 0 saturated carbocycles. The van der Waals surface area contributed by atoms with Crippen LogP contribution in [0.5, 0.6) is 0 Å². The summed E-state index contributed by atoms with van der Waals surface area (Å²) in [7, 11) is 0. The molecule has 0 aliphatic carbocycles. The summed E-state index contributed by atoms with van der Waals surface area (Å²) in [6.07, 6.45) is 1.59. The van der Waals surface area contributed by atoms with Crippen molar-refractivity contribution in [1.29, 1.82) is 0 Å². The predicted octanol–water partition coefficient (Wildman–Crippen LogP) is 4.11. The molecule has 1 amide bonds. The maximum Gasteiger partial charge on any atom is 0.289 e. The zero-order chi connectivity index (χ0) is 17.2. The third-order valence-electron chi connectivity index (χ3n) is 4.39. The average Bonchev–Trinajstić information content (AvgIpc) is 3.31. The van der Waals surface area contributed by atoms with Crippen LogP contribution in [-0.4, -0.2) is 34.0 Å². The van der Waals surface area contributed by atoms with Crippen molar-refractivity contribution < 1.29 is 13.7 Å². The Balaban J connectivity index is 1.41. The summed E-state index contributed by atoms with van der Waals surface area (Å²) in [5.74, 6) is 1.70. The molecule has 1 saturated heterocycles. The highest BCUT2D eigenvalue weighted by molar-refractivity contribution is 9.10. The largest absolute Gasteiger partial charge is 0.444 e. The van der Waals surface area contributed by atoms with Crippen LogP contribution in [-0.2, 0) is 0 Å². The van der Waals surface area contributed by atoms with Crippen molar-refractivity contribution in [3.05, 3.63) is 58.8 Å². The molecule has 0 unspecified atom stereocenters. The Labute approximate surface area is 152 Å². The van der Waals surface area contributed by atoms with Crippen LogP contribution in [0.1, 0.15) is 35.2 Å². The van der Waals surface area contributed by atoms with E-state index in [4.69, 9.17) is 8.94 Å². The van der Waals surface area contributed by atoms with E-state index < -0.39 is 0 Å². The lowest BCUT2D eigenvalue weighted by atomic mass is 9.96. The van der Waals surface area contributed by atoms with Crippen LogP contribution in [0.3, 0.4) is 0 Å². The smallest absolute Gasteiger partial charge is 0.289 e. The van der Waals surface area contributed by atoms with Gasteiger partial charge in [0.25, 0.3) is 5.91 Å². The summed E-state index contributed by atoms with van der Waals surface area (Å²) in [5, 5.41) is 4.08. The van der Waals surface area contributed by atoms with E-state index in [1.165, 1.54) is 0 Å². The number of carbonyl (C=O) groups is 1. The Morgan fingerprint density at radius 3 is 2.56 bits per heavy atom. The fraction of sp³-hybridized carbons (Fsp3) is 0.278. The lowest BCUT2D eigenvalue weighted by molar-refractivity contribution is 0.0671. The van der Waals surface area contributed by atoms with Crippen LogP contribution in [0.15, 0.2) is 56.1 Å². The Hall–Kier alpha value is -2.41. The minimum atomic E-state index is -0.0837. The third kappa shape index (κ3) is 3.37. The lowest BCUT2D eigenvalue weighted by Crippen LogP contribution is -2.37. The van der Waals surface area contributed by atoms with Gasteiger partial charge in [0.1, 0.15) is 0 Å². The van der Waals surface area contributed by atoms with E-state index in [-0.39, 0.29) is 11.8 Å². The van der Waals surface area contributed by atoms with Crippen molar-refractivity contribution in [2.45, 2.75) is 18.8 Å². The van der Waals surface area contributed by atoms with E-state index >= 15 is 0 Å². The first-order chi connectivity index (χ1) is 12.2. The Kier molecular flexibility index (Phi) is 4.40. The molecule has 0 spiro atoms. The zero-order valence-electron chi connectivity index (χ0n) is 13.4. The summed E-state index contributed by atoms with van der Waals surface area (Å²) in [5.41, 5.74) is 0.938. The number of carbonyl (C=O) groups excluding carboxylic acids is 1. The highest BCUT2D eigenvalue weighted by atomic mass is 79.9. The Bertz CT molecular complexity index is 867. The number of hydrogen-bond acceptors (Lipinski definition) is 5. The van der Waals surface area contributed by atoms with Gasteiger partial charge in [-0.3, -0.25) is 4.79 Å². The molecule has 0 bridgehead atoms. The summed E-state index contributed by atoms with van der Waals surface area (Å²) < 4.78 is 11.4. The summed E-state index contributed by atoms with van der Waals surface area (Å²) in [6, 6.07) is 13.2. The van der Waals surface area contributed by atoms with Crippen LogP contribution in [0.25, 0.3) is 11.4 Å². The van der Waals surface area contributed by atoms with Gasteiger partial charge in [-0.15, -0.1) is 0 Å². The number of piperidine rings is 1. The van der Waals surface area contributed by atoms with Crippen molar-refractivity contribution in [1.82, 2.24) is 15.0 Å². The second kappa shape index (κ2) is 6.84. The monoisotopic (exact) mass is 401 g/mol. The van der Waals surface area contributed by atoms with Gasteiger partial charge >= 0.3 is 0 Å². The van der Waals surface area contributed by atoms with Crippen molar-refractivity contribution in [2.24, 2.45) is 0 Å². The SMILES string of the molecule is O=C(c1ccc(Br)o1)N1CCC(c2nc(-c3ccccc3)no2)CC1. The molecule has 0 N–H and O–H groups in total. The molecule has 25 heavy (non-hydrogen) atoms. The zero-order valence-corrected chi connectivity index (χ0v) is 15.0. The minimum Gasteiger partial charge on any atom is -0.444 e. The topological polar surface area (TPSA) is 72.4 Å². The van der Waals surface area contributed by atoms with Crippen molar-refractivity contribution in [2.75, 3.05) is 13.1 Å². The van der Waals surface area contributed by atoms with E-state index in [0.717, 1.165) is 18.4 Å². The molecule has 0 radical (unpaired) electrons. The van der Waals surface area contributed by atoms with Gasteiger partial charge in [-0.05, 0) is 40.9 Å². The molecule has 128 valence electrons. The summed E-state index contributed by atoms with van der Waals surface area (Å²) >= 11 is 3.22. The second-order valence-corrected chi connectivity index (χ2v) is 6.77. The Morgan fingerprint density at radius 1 is 1.12 bits per heavy atom. The summed E-state index contributed by atoms with van der Waals surface area (Å²) in [4.78, 5) is 18.7. The molecular formula is C18H16BrN3O3. The van der Waals surface area contributed by atoms with Gasteiger partial charge < -0.3 is 13.8 Å².